The van der Waals surface area contributed by atoms with Gasteiger partial charge in [0.15, 0.2) is 0 Å². The summed E-state index contributed by atoms with van der Waals surface area (Å²) in [6.07, 6.45) is 1.49. The molecule has 86 valence electrons. The summed E-state index contributed by atoms with van der Waals surface area (Å²) in [5, 5.41) is 17.4. The lowest BCUT2D eigenvalue weighted by Crippen LogP contribution is -2.19. The largest absolute Gasteiger partial charge is 0.440 e. The van der Waals surface area contributed by atoms with Gasteiger partial charge in [0.2, 0.25) is 3.60 Å². The van der Waals surface area contributed by atoms with Crippen molar-refractivity contribution < 1.29 is 16.5 Å². The summed E-state index contributed by atoms with van der Waals surface area (Å²) in [5.74, 6) is 0. The van der Waals surface area contributed by atoms with Crippen LogP contribution in [-0.4, -0.2) is 18.3 Å². The van der Waals surface area contributed by atoms with Crippen LogP contribution in [0.4, 0.5) is 3.89 Å². The minimum atomic E-state index is -5.15. The number of allylic oxidation sites excluding steroid dienone is 2. The van der Waals surface area contributed by atoms with E-state index in [1.54, 1.807) is 12.1 Å². The van der Waals surface area contributed by atoms with Crippen molar-refractivity contribution in [2.75, 3.05) is 6.26 Å². The molecule has 0 saturated carbocycles. The second-order valence-corrected chi connectivity index (χ2v) is 7.35. The number of halogens is 1. The van der Waals surface area contributed by atoms with Crippen molar-refractivity contribution in [1.82, 2.24) is 0 Å². The summed E-state index contributed by atoms with van der Waals surface area (Å²) in [6.45, 7) is 0. The van der Waals surface area contributed by atoms with Gasteiger partial charge in [0.25, 0.3) is 0 Å². The molecule has 1 aliphatic rings. The van der Waals surface area contributed by atoms with Gasteiger partial charge in [-0.25, -0.2) is 4.18 Å². The fraction of sp³-hybridized carbons (Fsp3) is 0.333. The lowest BCUT2D eigenvalue weighted by molar-refractivity contribution is 0.311. The lowest BCUT2D eigenvalue weighted by atomic mass is 10.5. The van der Waals surface area contributed by atoms with Crippen LogP contribution in [0.25, 0.3) is 0 Å². The SMILES string of the molecule is CSC1(OS(=O)(=O)F)SC(C#N)=C(C#N)S1. The fourth-order valence-electron chi connectivity index (χ4n) is 0.784. The monoisotopic (exact) mass is 298 g/mol. The maximum atomic E-state index is 12.5. The van der Waals surface area contributed by atoms with Crippen molar-refractivity contribution in [3.63, 3.8) is 0 Å². The Morgan fingerprint density at radius 1 is 1.38 bits per heavy atom. The van der Waals surface area contributed by atoms with Crippen LogP contribution in [0, 0.1) is 22.7 Å². The van der Waals surface area contributed by atoms with Crippen molar-refractivity contribution >= 4 is 45.8 Å². The molecule has 0 amide bonds. The van der Waals surface area contributed by atoms with Crippen LogP contribution < -0.4 is 0 Å². The number of rotatable bonds is 3. The van der Waals surface area contributed by atoms with Gasteiger partial charge in [-0.15, -0.1) is 11.8 Å². The predicted octanol–water partition coefficient (Wildman–Crippen LogP) is 1.93. The van der Waals surface area contributed by atoms with Crippen LogP contribution in [0.1, 0.15) is 0 Å². The second-order valence-electron chi connectivity index (χ2n) is 2.27. The topological polar surface area (TPSA) is 90.9 Å². The zero-order valence-electron chi connectivity index (χ0n) is 7.63. The van der Waals surface area contributed by atoms with Gasteiger partial charge in [-0.3, -0.25) is 0 Å². The number of nitriles is 2. The van der Waals surface area contributed by atoms with Crippen molar-refractivity contribution in [3.8, 4) is 12.1 Å². The molecular formula is C6H3FN2O3S4. The van der Waals surface area contributed by atoms with Gasteiger partial charge in [0, 0.05) is 0 Å². The van der Waals surface area contributed by atoms with Crippen molar-refractivity contribution in [2.24, 2.45) is 0 Å². The molecule has 0 radical (unpaired) electrons. The van der Waals surface area contributed by atoms with Gasteiger partial charge in [-0.2, -0.15) is 18.9 Å². The molecule has 16 heavy (non-hydrogen) atoms. The van der Waals surface area contributed by atoms with Gasteiger partial charge >= 0.3 is 10.5 Å². The average molecular weight is 298 g/mol. The Kier molecular flexibility index (Phi) is 4.15. The molecule has 0 saturated heterocycles. The number of nitrogens with zero attached hydrogens (tertiary/aromatic N) is 2. The smallest absolute Gasteiger partial charge is 0.204 e. The quantitative estimate of drug-likeness (QED) is 0.576. The molecule has 0 aliphatic carbocycles. The predicted molar refractivity (Wildman–Crippen MR) is 60.8 cm³/mol. The molecule has 0 fully saturated rings. The van der Waals surface area contributed by atoms with E-state index in [9.17, 15) is 12.3 Å². The highest BCUT2D eigenvalue weighted by atomic mass is 32.3. The Morgan fingerprint density at radius 2 is 1.81 bits per heavy atom. The maximum Gasteiger partial charge on any atom is 0.440 e. The van der Waals surface area contributed by atoms with Gasteiger partial charge in [0.1, 0.15) is 21.9 Å². The van der Waals surface area contributed by atoms with E-state index >= 15 is 0 Å². The highest BCUT2D eigenvalue weighted by Gasteiger charge is 2.46. The molecule has 0 spiro atoms. The van der Waals surface area contributed by atoms with E-state index in [0.29, 0.717) is 23.5 Å². The van der Waals surface area contributed by atoms with Gasteiger partial charge in [0.05, 0.1) is 0 Å². The number of thioether (sulfide) groups is 3. The summed E-state index contributed by atoms with van der Waals surface area (Å²) in [7, 11) is -5.15. The summed E-state index contributed by atoms with van der Waals surface area (Å²) in [5.41, 5.74) is 0. The first kappa shape index (κ1) is 13.7. The van der Waals surface area contributed by atoms with Crippen LogP contribution in [0.2, 0.25) is 0 Å². The molecule has 0 bridgehead atoms. The molecule has 1 rings (SSSR count). The van der Waals surface area contributed by atoms with Crippen LogP contribution in [0.15, 0.2) is 9.81 Å². The zero-order chi connectivity index (χ0) is 12.4. The van der Waals surface area contributed by atoms with E-state index < -0.39 is 14.1 Å². The third-order valence-electron chi connectivity index (χ3n) is 1.32. The van der Waals surface area contributed by atoms with Crippen LogP contribution in [0.3, 0.4) is 0 Å². The first-order valence-electron chi connectivity index (χ1n) is 3.48. The molecule has 0 unspecified atom stereocenters. The van der Waals surface area contributed by atoms with Crippen molar-refractivity contribution in [2.45, 2.75) is 3.60 Å². The molecule has 0 N–H and O–H groups in total. The normalized spacial score (nSPS) is 19.2. The first-order chi connectivity index (χ1) is 7.36. The van der Waals surface area contributed by atoms with E-state index in [1.165, 1.54) is 6.26 Å². The molecule has 1 heterocycles. The Morgan fingerprint density at radius 3 is 2.06 bits per heavy atom. The lowest BCUT2D eigenvalue weighted by Gasteiger charge is -2.21. The highest BCUT2D eigenvalue weighted by Crippen LogP contribution is 2.60. The molecule has 0 aromatic carbocycles. The number of hydrogen-bond acceptors (Lipinski definition) is 8. The summed E-state index contributed by atoms with van der Waals surface area (Å²) in [4.78, 5) is 0.0380. The van der Waals surface area contributed by atoms with Gasteiger partial charge < -0.3 is 0 Å². The Hall–Kier alpha value is -0.390. The Bertz CT molecular complexity index is 489. The van der Waals surface area contributed by atoms with Gasteiger partial charge in [-0.05, 0) is 6.26 Å². The minimum absolute atomic E-state index is 0.0190. The summed E-state index contributed by atoms with van der Waals surface area (Å²) in [6, 6.07) is 3.46. The van der Waals surface area contributed by atoms with E-state index in [1.807, 2.05) is 0 Å². The summed E-state index contributed by atoms with van der Waals surface area (Å²) >= 11 is 2.28. The van der Waals surface area contributed by atoms with E-state index in [0.717, 1.165) is 11.8 Å². The standard InChI is InChI=1S/C6H3FN2O3S4/c1-13-6(12-16(7,10)11)14-4(2-8)5(3-9)15-6/h1H3. The average Bonchev–Trinajstić information content (AvgIpc) is 2.54. The molecule has 1 aliphatic heterocycles. The fourth-order valence-corrected chi connectivity index (χ4v) is 5.25. The van der Waals surface area contributed by atoms with Crippen LogP contribution in [0.5, 0.6) is 0 Å². The van der Waals surface area contributed by atoms with E-state index in [4.69, 9.17) is 10.5 Å². The summed E-state index contributed by atoms with van der Waals surface area (Å²) < 4.78 is 36.0. The first-order valence-corrected chi connectivity index (χ1v) is 7.65. The minimum Gasteiger partial charge on any atom is -0.204 e. The second kappa shape index (κ2) is 4.85. The van der Waals surface area contributed by atoms with Crippen molar-refractivity contribution in [1.29, 1.82) is 10.5 Å². The van der Waals surface area contributed by atoms with Crippen LogP contribution in [-0.2, 0) is 14.7 Å². The molecule has 0 aromatic heterocycles. The number of hydrogen-bond donors (Lipinski definition) is 0. The van der Waals surface area contributed by atoms with Crippen LogP contribution >= 0.6 is 35.3 Å². The Labute approximate surface area is 104 Å². The third kappa shape index (κ3) is 3.06. The highest BCUT2D eigenvalue weighted by molar-refractivity contribution is 8.37. The molecule has 5 nitrogen and oxygen atoms in total. The molecule has 10 heteroatoms. The van der Waals surface area contributed by atoms with E-state index in [2.05, 4.69) is 4.18 Å². The molecular weight excluding hydrogens is 295 g/mol. The van der Waals surface area contributed by atoms with Gasteiger partial charge in [-0.1, -0.05) is 27.4 Å². The maximum absolute atomic E-state index is 12.5. The molecule has 0 atom stereocenters. The zero-order valence-corrected chi connectivity index (χ0v) is 10.9. The van der Waals surface area contributed by atoms with E-state index in [-0.39, 0.29) is 9.81 Å². The third-order valence-corrected chi connectivity index (χ3v) is 6.46. The Balaban J connectivity index is 3.01. The van der Waals surface area contributed by atoms with Crippen molar-refractivity contribution in [3.05, 3.63) is 9.81 Å². The molecule has 0 aromatic rings.